The molecular formula is C14H14N5O8P. The Hall–Kier alpha value is -2.54. The molecule has 28 heavy (non-hydrogen) atoms. The Bertz CT molecular complexity index is 1160. The fraction of sp³-hybridized carbons (Fsp3) is 0.357. The number of rotatable bonds is 2. The molecule has 3 aromatic heterocycles. The Morgan fingerprint density at radius 1 is 1.39 bits per heavy atom. The molecule has 5 rings (SSSR count). The van der Waals surface area contributed by atoms with Gasteiger partial charge in [0.2, 0.25) is 5.95 Å². The van der Waals surface area contributed by atoms with Crippen molar-refractivity contribution in [3.8, 4) is 11.6 Å². The number of hydrogen-bond acceptors (Lipinski definition) is 10. The number of ether oxygens (including phenoxy) is 1. The first-order chi connectivity index (χ1) is 13.3. The van der Waals surface area contributed by atoms with E-state index >= 15 is 0 Å². The molecule has 3 aromatic rings. The molecule has 13 nitrogen and oxygen atoms in total. The molecule has 5 N–H and O–H groups in total. The molecule has 2 aliphatic rings. The van der Waals surface area contributed by atoms with Crippen LogP contribution < -0.4 is 11.3 Å². The van der Waals surface area contributed by atoms with Gasteiger partial charge >= 0.3 is 7.82 Å². The van der Waals surface area contributed by atoms with Gasteiger partial charge in [-0.15, -0.1) is 0 Å². The Balaban J connectivity index is 1.69. The van der Waals surface area contributed by atoms with Gasteiger partial charge in [0.1, 0.15) is 18.3 Å². The van der Waals surface area contributed by atoms with Crippen molar-refractivity contribution >= 4 is 24.9 Å². The summed E-state index contributed by atoms with van der Waals surface area (Å²) in [6.45, 7) is -0.259. The maximum atomic E-state index is 12.3. The zero-order valence-corrected chi connectivity index (χ0v) is 14.9. The van der Waals surface area contributed by atoms with Crippen molar-refractivity contribution in [1.29, 1.82) is 0 Å². The Kier molecular flexibility index (Phi) is 3.75. The molecule has 148 valence electrons. The number of nitrogens with zero attached hydrogens (tertiary/aromatic N) is 3. The van der Waals surface area contributed by atoms with Crippen molar-refractivity contribution in [3.63, 3.8) is 0 Å². The third-order valence-corrected chi connectivity index (χ3v) is 5.52. The molecule has 5 atom stereocenters. The number of aliphatic hydroxyl groups is 1. The van der Waals surface area contributed by atoms with E-state index in [2.05, 4.69) is 15.0 Å². The molecule has 0 aliphatic carbocycles. The van der Waals surface area contributed by atoms with E-state index in [0.717, 1.165) is 0 Å². The molecule has 0 amide bonds. The summed E-state index contributed by atoms with van der Waals surface area (Å²) in [6.07, 6.45) is -3.08. The van der Waals surface area contributed by atoms with Crippen molar-refractivity contribution < 1.29 is 32.8 Å². The van der Waals surface area contributed by atoms with Crippen LogP contribution in [0.2, 0.25) is 0 Å². The largest absolute Gasteiger partial charge is 0.472 e. The number of aromatic amines is 1. The SMILES string of the molecule is Nc1nc2c(nc(-c3ccco3)n2[C@@H]2OC3COP(=O)(O)O[C@H]3C2O)c(=O)[nH]1. The number of imidazole rings is 1. The van der Waals surface area contributed by atoms with Crippen molar-refractivity contribution in [1.82, 2.24) is 19.5 Å². The van der Waals surface area contributed by atoms with Gasteiger partial charge in [-0.1, -0.05) is 0 Å². The number of nitrogens with two attached hydrogens (primary N) is 1. The number of phosphoric ester groups is 1. The van der Waals surface area contributed by atoms with Crippen molar-refractivity contribution in [2.45, 2.75) is 24.5 Å². The van der Waals surface area contributed by atoms with Crippen LogP contribution in [0.1, 0.15) is 6.23 Å². The highest BCUT2D eigenvalue weighted by Gasteiger charge is 2.53. The lowest BCUT2D eigenvalue weighted by Gasteiger charge is -2.27. The van der Waals surface area contributed by atoms with E-state index in [1.165, 1.54) is 10.8 Å². The third kappa shape index (κ3) is 2.60. The predicted octanol–water partition coefficient (Wildman–Crippen LogP) is -0.264. The quantitative estimate of drug-likeness (QED) is 0.407. The molecule has 14 heteroatoms. The highest BCUT2D eigenvalue weighted by Crippen LogP contribution is 2.52. The van der Waals surface area contributed by atoms with Crippen molar-refractivity contribution in [2.75, 3.05) is 12.3 Å². The highest BCUT2D eigenvalue weighted by atomic mass is 31.2. The van der Waals surface area contributed by atoms with Gasteiger partial charge in [0.05, 0.1) is 12.9 Å². The topological polar surface area (TPSA) is 188 Å². The van der Waals surface area contributed by atoms with Gasteiger partial charge in [-0.25, -0.2) is 9.55 Å². The van der Waals surface area contributed by atoms with Crippen LogP contribution in [-0.4, -0.2) is 54.4 Å². The summed E-state index contributed by atoms with van der Waals surface area (Å²) < 4.78 is 33.9. The molecule has 0 radical (unpaired) electrons. The summed E-state index contributed by atoms with van der Waals surface area (Å²) in [5, 5.41) is 10.7. The smallest absolute Gasteiger partial charge is 0.461 e. The molecule has 0 aromatic carbocycles. The number of furan rings is 1. The molecule has 3 unspecified atom stereocenters. The first-order valence-corrected chi connectivity index (χ1v) is 9.64. The molecular weight excluding hydrogens is 397 g/mol. The number of phosphoric acid groups is 1. The van der Waals surface area contributed by atoms with Gasteiger partial charge in [0, 0.05) is 0 Å². The maximum absolute atomic E-state index is 12.3. The Labute approximate surface area is 155 Å². The van der Waals surface area contributed by atoms with Gasteiger partial charge in [-0.05, 0) is 12.1 Å². The summed E-state index contributed by atoms with van der Waals surface area (Å²) in [7, 11) is -4.30. The minimum atomic E-state index is -4.30. The second kappa shape index (κ2) is 5.98. The molecule has 2 fully saturated rings. The number of fused-ring (bicyclic) bond motifs is 2. The monoisotopic (exact) mass is 411 g/mol. The number of aliphatic hydroxyl groups excluding tert-OH is 1. The summed E-state index contributed by atoms with van der Waals surface area (Å²) >= 11 is 0. The molecule has 0 spiro atoms. The zero-order valence-electron chi connectivity index (χ0n) is 14.0. The molecule has 0 bridgehead atoms. The zero-order chi connectivity index (χ0) is 19.6. The molecule has 2 saturated heterocycles. The number of H-pyrrole nitrogens is 1. The van der Waals surface area contributed by atoms with Gasteiger partial charge in [0.15, 0.2) is 29.0 Å². The number of nitrogens with one attached hydrogen (secondary N) is 1. The van der Waals surface area contributed by atoms with Crippen LogP contribution >= 0.6 is 7.82 Å². The summed E-state index contributed by atoms with van der Waals surface area (Å²) in [4.78, 5) is 32.5. The molecule has 0 saturated carbocycles. The minimum Gasteiger partial charge on any atom is -0.461 e. The van der Waals surface area contributed by atoms with E-state index in [1.54, 1.807) is 12.1 Å². The Morgan fingerprint density at radius 2 is 2.21 bits per heavy atom. The van der Waals surface area contributed by atoms with Gasteiger partial charge < -0.3 is 24.9 Å². The molecule has 5 heterocycles. The van der Waals surface area contributed by atoms with Gasteiger partial charge in [-0.2, -0.15) is 4.98 Å². The van der Waals surface area contributed by atoms with Gasteiger partial charge in [-0.3, -0.25) is 23.4 Å². The number of nitrogen functional groups attached to an aromatic ring is 1. The normalized spacial score (nSPS) is 32.6. The van der Waals surface area contributed by atoms with Crippen LogP contribution in [0.5, 0.6) is 0 Å². The van der Waals surface area contributed by atoms with E-state index in [-0.39, 0.29) is 35.3 Å². The summed E-state index contributed by atoms with van der Waals surface area (Å²) in [5.41, 5.74) is 5.07. The van der Waals surface area contributed by atoms with Crippen molar-refractivity contribution in [3.05, 3.63) is 28.7 Å². The molecule has 2 aliphatic heterocycles. The van der Waals surface area contributed by atoms with E-state index in [0.29, 0.717) is 0 Å². The number of hydrogen-bond donors (Lipinski definition) is 4. The summed E-state index contributed by atoms with van der Waals surface area (Å²) in [5.74, 6) is 0.278. The van der Waals surface area contributed by atoms with Crippen LogP contribution in [0.3, 0.4) is 0 Å². The second-order valence-electron chi connectivity index (χ2n) is 6.30. The Morgan fingerprint density at radius 3 is 2.96 bits per heavy atom. The van der Waals surface area contributed by atoms with Crippen LogP contribution in [0.15, 0.2) is 27.6 Å². The number of aromatic nitrogens is 4. The number of anilines is 1. The lowest BCUT2D eigenvalue weighted by molar-refractivity contribution is -0.0661. The van der Waals surface area contributed by atoms with Crippen LogP contribution in [0.4, 0.5) is 5.95 Å². The lowest BCUT2D eigenvalue weighted by atomic mass is 10.1. The minimum absolute atomic E-state index is 0.0449. The first kappa shape index (κ1) is 17.6. The van der Waals surface area contributed by atoms with Gasteiger partial charge in [0.25, 0.3) is 5.56 Å². The van der Waals surface area contributed by atoms with E-state index < -0.39 is 37.9 Å². The van der Waals surface area contributed by atoms with Crippen molar-refractivity contribution in [2.24, 2.45) is 0 Å². The van der Waals surface area contributed by atoms with E-state index in [1.807, 2.05) is 0 Å². The second-order valence-corrected chi connectivity index (χ2v) is 7.70. The van der Waals surface area contributed by atoms with Crippen LogP contribution in [-0.2, 0) is 18.3 Å². The fourth-order valence-corrected chi connectivity index (χ4v) is 4.33. The standard InChI is InChI=1S/C14H14N5O8P/c15-14-17-11-7(12(21)18-14)16-10(5-2-1-3-24-5)19(11)13-8(20)9-6(26-13)4-25-28(22,23)27-9/h1-3,6,8-9,13,20H,4H2,(H,22,23)(H3,15,17,18,21)/t6?,8?,9-,13-/m1/s1. The lowest BCUT2D eigenvalue weighted by Crippen LogP contribution is -2.39. The van der Waals surface area contributed by atoms with Crippen LogP contribution in [0, 0.1) is 0 Å². The third-order valence-electron chi connectivity index (χ3n) is 4.53. The van der Waals surface area contributed by atoms with E-state index in [9.17, 15) is 19.4 Å². The van der Waals surface area contributed by atoms with E-state index in [4.69, 9.17) is 23.9 Å². The first-order valence-electron chi connectivity index (χ1n) is 8.15. The van der Waals surface area contributed by atoms with Crippen LogP contribution in [0.25, 0.3) is 22.7 Å². The maximum Gasteiger partial charge on any atom is 0.472 e. The average Bonchev–Trinajstić information content (AvgIpc) is 3.33. The fourth-order valence-electron chi connectivity index (χ4n) is 3.37. The predicted molar refractivity (Wildman–Crippen MR) is 90.8 cm³/mol. The average molecular weight is 411 g/mol. The summed E-state index contributed by atoms with van der Waals surface area (Å²) in [6, 6.07) is 3.22. The highest BCUT2D eigenvalue weighted by molar-refractivity contribution is 7.47.